The van der Waals surface area contributed by atoms with Crippen LogP contribution in [-0.4, -0.2) is 40.6 Å². The Morgan fingerprint density at radius 3 is 2.49 bits per heavy atom. The number of carbonyl (C=O) groups excluding carboxylic acids is 2. The van der Waals surface area contributed by atoms with E-state index in [0.717, 1.165) is 11.1 Å². The summed E-state index contributed by atoms with van der Waals surface area (Å²) >= 11 is 13.2. The molecule has 1 aliphatic rings. The fraction of sp³-hybridized carbons (Fsp3) is 0.407. The molecule has 1 aliphatic heterocycles. The van der Waals surface area contributed by atoms with Gasteiger partial charge in [-0.15, -0.1) is 13.2 Å². The summed E-state index contributed by atoms with van der Waals surface area (Å²) in [7, 11) is 1.74. The van der Waals surface area contributed by atoms with Crippen LogP contribution in [0.2, 0.25) is 10.0 Å². The summed E-state index contributed by atoms with van der Waals surface area (Å²) in [6.07, 6.45) is -3.92. The molecule has 2 aromatic carbocycles. The number of ketones is 1. The van der Waals surface area contributed by atoms with Gasteiger partial charge in [-0.25, -0.2) is 0 Å². The number of carbonyl (C=O) groups is 2. The number of aryl methyl sites for hydroxylation is 2. The van der Waals surface area contributed by atoms with Crippen molar-refractivity contribution < 1.29 is 27.5 Å². The van der Waals surface area contributed by atoms with Crippen molar-refractivity contribution in [3.05, 3.63) is 62.8 Å². The van der Waals surface area contributed by atoms with Crippen LogP contribution in [0.4, 0.5) is 13.2 Å². The van der Waals surface area contributed by atoms with Gasteiger partial charge in [-0.05, 0) is 61.6 Å². The maximum atomic E-state index is 13.4. The molecule has 1 fully saturated rings. The Morgan fingerprint density at radius 2 is 1.86 bits per heavy atom. The van der Waals surface area contributed by atoms with Crippen LogP contribution in [0.15, 0.2) is 30.3 Å². The SMILES string of the molecule is CC(=O)C1CCN(C(=O)c2ccc(Cl)c(Cc3cc4c(C)cc(OC(F)(F)F)cc4n3C)c2Cl)CC1C. The van der Waals surface area contributed by atoms with Crippen LogP contribution in [0.1, 0.15) is 47.4 Å². The standard InChI is InChI=1S/C27H27Cl2F3N2O3/c1-14-9-18(37-27(30,31)32)12-24-21(14)10-17(33(24)4)11-22-23(28)6-5-20(25(22)29)26(36)34-8-7-19(16(3)35)15(2)13-34/h5-6,9-10,12,15,19H,7-8,11,13H2,1-4H3. The lowest BCUT2D eigenvalue weighted by atomic mass is 9.84. The third-order valence-corrected chi connectivity index (χ3v) is 7.95. The van der Waals surface area contributed by atoms with Crippen molar-refractivity contribution in [2.24, 2.45) is 18.9 Å². The molecule has 0 N–H and O–H groups in total. The molecule has 0 saturated carbocycles. The Balaban J connectivity index is 1.64. The fourth-order valence-electron chi connectivity index (χ4n) is 5.20. The molecule has 0 bridgehead atoms. The van der Waals surface area contributed by atoms with Gasteiger partial charge in [-0.3, -0.25) is 9.59 Å². The number of hydrogen-bond donors (Lipinski definition) is 0. The number of aromatic nitrogens is 1. The molecular weight excluding hydrogens is 528 g/mol. The van der Waals surface area contributed by atoms with Crippen LogP contribution in [0.3, 0.4) is 0 Å². The minimum atomic E-state index is -4.79. The summed E-state index contributed by atoms with van der Waals surface area (Å²) in [5, 5.41) is 1.39. The van der Waals surface area contributed by atoms with Gasteiger partial charge in [0.2, 0.25) is 0 Å². The Labute approximate surface area is 223 Å². The minimum absolute atomic E-state index is 0.0472. The van der Waals surface area contributed by atoms with Crippen LogP contribution in [0, 0.1) is 18.8 Å². The third-order valence-electron chi connectivity index (χ3n) is 7.16. The number of benzene rings is 2. The van der Waals surface area contributed by atoms with E-state index in [1.54, 1.807) is 42.5 Å². The lowest BCUT2D eigenvalue weighted by Gasteiger charge is -2.36. The van der Waals surface area contributed by atoms with Crippen molar-refractivity contribution in [1.82, 2.24) is 9.47 Å². The molecule has 1 amide bonds. The summed E-state index contributed by atoms with van der Waals surface area (Å²) in [5.74, 6) is -0.396. The number of alkyl halides is 3. The number of Topliss-reactive ketones (excluding diaryl/α,β-unsaturated/α-hetero) is 1. The summed E-state index contributed by atoms with van der Waals surface area (Å²) in [6, 6.07) is 7.79. The molecule has 1 aromatic heterocycles. The number of ether oxygens (including phenoxy) is 1. The lowest BCUT2D eigenvalue weighted by Crippen LogP contribution is -2.44. The highest BCUT2D eigenvalue weighted by Gasteiger charge is 2.33. The van der Waals surface area contributed by atoms with E-state index in [4.69, 9.17) is 23.2 Å². The topological polar surface area (TPSA) is 51.5 Å². The van der Waals surface area contributed by atoms with Crippen molar-refractivity contribution in [3.63, 3.8) is 0 Å². The Kier molecular flexibility index (Phi) is 7.55. The maximum Gasteiger partial charge on any atom is 0.573 e. The maximum absolute atomic E-state index is 13.4. The monoisotopic (exact) mass is 554 g/mol. The number of nitrogens with zero attached hydrogens (tertiary/aromatic N) is 2. The van der Waals surface area contributed by atoms with E-state index in [-0.39, 0.29) is 40.7 Å². The molecule has 3 aromatic rings. The highest BCUT2D eigenvalue weighted by molar-refractivity contribution is 6.38. The van der Waals surface area contributed by atoms with Crippen LogP contribution < -0.4 is 4.74 Å². The van der Waals surface area contributed by atoms with E-state index in [0.29, 0.717) is 46.7 Å². The van der Waals surface area contributed by atoms with E-state index in [1.165, 1.54) is 12.1 Å². The number of fused-ring (bicyclic) bond motifs is 1. The van der Waals surface area contributed by atoms with Crippen molar-refractivity contribution >= 4 is 45.8 Å². The molecule has 37 heavy (non-hydrogen) atoms. The number of piperidine rings is 1. The number of rotatable bonds is 5. The molecule has 0 spiro atoms. The first kappa shape index (κ1) is 27.3. The van der Waals surface area contributed by atoms with Crippen molar-refractivity contribution in [2.45, 2.75) is 40.0 Å². The molecule has 0 aliphatic carbocycles. The van der Waals surface area contributed by atoms with E-state index in [2.05, 4.69) is 4.74 Å². The molecule has 10 heteroatoms. The van der Waals surface area contributed by atoms with E-state index < -0.39 is 6.36 Å². The quantitative estimate of drug-likeness (QED) is 0.342. The van der Waals surface area contributed by atoms with Gasteiger partial charge in [0.15, 0.2) is 0 Å². The van der Waals surface area contributed by atoms with Crippen LogP contribution in [0.5, 0.6) is 5.75 Å². The largest absolute Gasteiger partial charge is 0.573 e. The summed E-state index contributed by atoms with van der Waals surface area (Å²) in [5.41, 5.74) is 2.83. The Hall–Kier alpha value is -2.71. The lowest BCUT2D eigenvalue weighted by molar-refractivity contribution is -0.274. The van der Waals surface area contributed by atoms with Crippen molar-refractivity contribution in [1.29, 1.82) is 0 Å². The average Bonchev–Trinajstić information content (AvgIpc) is 3.10. The second kappa shape index (κ2) is 10.2. The fourth-order valence-corrected chi connectivity index (χ4v) is 5.79. The van der Waals surface area contributed by atoms with Gasteiger partial charge in [0.05, 0.1) is 16.1 Å². The first-order chi connectivity index (χ1) is 17.3. The smallest absolute Gasteiger partial charge is 0.406 e. The number of halogens is 5. The van der Waals surface area contributed by atoms with Gasteiger partial charge < -0.3 is 14.2 Å². The zero-order valence-corrected chi connectivity index (χ0v) is 22.4. The second-order valence-electron chi connectivity index (χ2n) is 9.71. The molecule has 2 unspecified atom stereocenters. The van der Waals surface area contributed by atoms with Crippen LogP contribution in [-0.2, 0) is 18.3 Å². The van der Waals surface area contributed by atoms with E-state index >= 15 is 0 Å². The number of amides is 1. The van der Waals surface area contributed by atoms with Crippen molar-refractivity contribution in [2.75, 3.05) is 13.1 Å². The molecule has 5 nitrogen and oxygen atoms in total. The first-order valence-electron chi connectivity index (χ1n) is 11.9. The normalized spacial score (nSPS) is 18.4. The average molecular weight is 555 g/mol. The van der Waals surface area contributed by atoms with Crippen LogP contribution >= 0.6 is 23.2 Å². The summed E-state index contributed by atoms with van der Waals surface area (Å²) in [6.45, 7) is 6.19. The summed E-state index contributed by atoms with van der Waals surface area (Å²) in [4.78, 5) is 26.9. The molecular formula is C27H27Cl2F3N2O3. The molecule has 2 atom stereocenters. The molecule has 4 rings (SSSR count). The Morgan fingerprint density at radius 1 is 1.16 bits per heavy atom. The number of likely N-dealkylation sites (tertiary alicyclic amines) is 1. The molecule has 0 radical (unpaired) electrons. The van der Waals surface area contributed by atoms with Gasteiger partial charge in [-0.2, -0.15) is 0 Å². The van der Waals surface area contributed by atoms with Gasteiger partial charge >= 0.3 is 6.36 Å². The van der Waals surface area contributed by atoms with Gasteiger partial charge in [0, 0.05) is 54.6 Å². The molecule has 198 valence electrons. The highest BCUT2D eigenvalue weighted by Crippen LogP contribution is 2.35. The molecule has 2 heterocycles. The Bertz CT molecular complexity index is 1380. The zero-order valence-electron chi connectivity index (χ0n) is 20.9. The first-order valence-corrected chi connectivity index (χ1v) is 12.6. The van der Waals surface area contributed by atoms with E-state index in [1.807, 2.05) is 13.0 Å². The third kappa shape index (κ3) is 5.60. The van der Waals surface area contributed by atoms with Crippen LogP contribution in [0.25, 0.3) is 10.9 Å². The number of hydrogen-bond acceptors (Lipinski definition) is 3. The minimum Gasteiger partial charge on any atom is -0.406 e. The van der Waals surface area contributed by atoms with Gasteiger partial charge in [0.1, 0.15) is 11.5 Å². The molecule has 1 saturated heterocycles. The second-order valence-corrected chi connectivity index (χ2v) is 10.5. The van der Waals surface area contributed by atoms with E-state index in [9.17, 15) is 22.8 Å². The predicted octanol–water partition coefficient (Wildman–Crippen LogP) is 6.97. The highest BCUT2D eigenvalue weighted by atomic mass is 35.5. The predicted molar refractivity (Wildman–Crippen MR) is 137 cm³/mol. The van der Waals surface area contributed by atoms with Crippen molar-refractivity contribution in [3.8, 4) is 5.75 Å². The van der Waals surface area contributed by atoms with Gasteiger partial charge in [-0.1, -0.05) is 30.1 Å². The zero-order chi connectivity index (χ0) is 27.2. The van der Waals surface area contributed by atoms with Gasteiger partial charge in [0.25, 0.3) is 5.91 Å². The summed E-state index contributed by atoms with van der Waals surface area (Å²) < 4.78 is 44.2.